The standard InChI is InChI=1S/C6H10BrNO/c1-2-3-5(4-7)6(8)9/h3H,2,4H2,1H3,(H2,8,9). The van der Waals surface area contributed by atoms with Crippen molar-refractivity contribution < 1.29 is 4.79 Å². The summed E-state index contributed by atoms with van der Waals surface area (Å²) in [5.41, 5.74) is 5.65. The zero-order valence-electron chi connectivity index (χ0n) is 5.36. The summed E-state index contributed by atoms with van der Waals surface area (Å²) in [5, 5.41) is 0.552. The first-order valence-corrected chi connectivity index (χ1v) is 3.89. The lowest BCUT2D eigenvalue weighted by molar-refractivity contribution is -0.114. The summed E-state index contributed by atoms with van der Waals surface area (Å²) in [5.74, 6) is -0.339. The maximum atomic E-state index is 10.4. The minimum Gasteiger partial charge on any atom is -0.366 e. The average Bonchev–Trinajstić information content (AvgIpc) is 1.82. The number of primary amides is 1. The monoisotopic (exact) mass is 191 g/mol. The Morgan fingerprint density at radius 3 is 2.44 bits per heavy atom. The van der Waals surface area contributed by atoms with Crippen LogP contribution in [0, 0.1) is 0 Å². The number of halogens is 1. The number of allylic oxidation sites excluding steroid dienone is 1. The van der Waals surface area contributed by atoms with E-state index in [1.807, 2.05) is 13.0 Å². The molecule has 0 saturated heterocycles. The summed E-state index contributed by atoms with van der Waals surface area (Å²) < 4.78 is 0. The lowest BCUT2D eigenvalue weighted by Crippen LogP contribution is -2.14. The van der Waals surface area contributed by atoms with E-state index in [2.05, 4.69) is 15.9 Å². The van der Waals surface area contributed by atoms with Crippen LogP contribution in [0.25, 0.3) is 0 Å². The summed E-state index contributed by atoms with van der Waals surface area (Å²) in [6.07, 6.45) is 2.67. The molecular formula is C6H10BrNO. The molecule has 9 heavy (non-hydrogen) atoms. The highest BCUT2D eigenvalue weighted by Gasteiger charge is 1.99. The molecule has 0 bridgehead atoms. The number of rotatable bonds is 3. The second-order valence-electron chi connectivity index (χ2n) is 1.64. The zero-order valence-corrected chi connectivity index (χ0v) is 6.94. The largest absolute Gasteiger partial charge is 0.366 e. The Morgan fingerprint density at radius 2 is 2.33 bits per heavy atom. The molecule has 0 atom stereocenters. The van der Waals surface area contributed by atoms with E-state index in [4.69, 9.17) is 5.73 Å². The lowest BCUT2D eigenvalue weighted by atomic mass is 10.2. The van der Waals surface area contributed by atoms with E-state index in [1.165, 1.54) is 0 Å². The van der Waals surface area contributed by atoms with Gasteiger partial charge in [-0.3, -0.25) is 4.79 Å². The molecule has 0 heterocycles. The third-order valence-corrected chi connectivity index (χ3v) is 1.52. The van der Waals surface area contributed by atoms with Gasteiger partial charge in [-0.25, -0.2) is 0 Å². The second-order valence-corrected chi connectivity index (χ2v) is 2.20. The summed E-state index contributed by atoms with van der Waals surface area (Å²) in [6.45, 7) is 1.96. The Hall–Kier alpha value is -0.310. The molecule has 0 fully saturated rings. The van der Waals surface area contributed by atoms with Crippen molar-refractivity contribution >= 4 is 21.8 Å². The van der Waals surface area contributed by atoms with Crippen molar-refractivity contribution in [2.75, 3.05) is 5.33 Å². The van der Waals surface area contributed by atoms with Crippen LogP contribution in [0.5, 0.6) is 0 Å². The Morgan fingerprint density at radius 1 is 1.78 bits per heavy atom. The Labute approximate surface area is 63.2 Å². The summed E-state index contributed by atoms with van der Waals surface area (Å²) >= 11 is 3.15. The number of nitrogens with two attached hydrogens (primary N) is 1. The van der Waals surface area contributed by atoms with Crippen LogP contribution in [0.3, 0.4) is 0 Å². The van der Waals surface area contributed by atoms with Gasteiger partial charge in [0.25, 0.3) is 0 Å². The molecule has 0 aliphatic heterocycles. The lowest BCUT2D eigenvalue weighted by Gasteiger charge is -1.93. The predicted molar refractivity (Wildman–Crippen MR) is 41.4 cm³/mol. The number of carbonyl (C=O) groups is 1. The fourth-order valence-corrected chi connectivity index (χ4v) is 0.973. The topological polar surface area (TPSA) is 43.1 Å². The van der Waals surface area contributed by atoms with Gasteiger partial charge in [0.05, 0.1) is 0 Å². The van der Waals surface area contributed by atoms with Crippen molar-refractivity contribution in [3.63, 3.8) is 0 Å². The van der Waals surface area contributed by atoms with Crippen LogP contribution in [0.1, 0.15) is 13.3 Å². The molecule has 0 spiro atoms. The fourth-order valence-electron chi connectivity index (χ4n) is 0.467. The molecule has 1 amide bonds. The number of alkyl halides is 1. The molecule has 52 valence electrons. The maximum absolute atomic E-state index is 10.4. The van der Waals surface area contributed by atoms with Crippen LogP contribution in [0.4, 0.5) is 0 Å². The summed E-state index contributed by atoms with van der Waals surface area (Å²) in [4.78, 5) is 10.4. The van der Waals surface area contributed by atoms with E-state index in [0.717, 1.165) is 6.42 Å². The van der Waals surface area contributed by atoms with Gasteiger partial charge in [-0.2, -0.15) is 0 Å². The Kier molecular flexibility index (Phi) is 4.40. The summed E-state index contributed by atoms with van der Waals surface area (Å²) in [6, 6.07) is 0. The van der Waals surface area contributed by atoms with E-state index in [0.29, 0.717) is 10.9 Å². The smallest absolute Gasteiger partial charge is 0.245 e. The zero-order chi connectivity index (χ0) is 7.28. The molecule has 0 aliphatic rings. The van der Waals surface area contributed by atoms with E-state index < -0.39 is 0 Å². The predicted octanol–water partition coefficient (Wildman–Crippen LogP) is 1.20. The molecule has 2 nitrogen and oxygen atoms in total. The van der Waals surface area contributed by atoms with Gasteiger partial charge in [0, 0.05) is 10.9 Å². The van der Waals surface area contributed by atoms with Crippen molar-refractivity contribution in [3.8, 4) is 0 Å². The Bertz CT molecular complexity index is 131. The molecule has 0 aromatic heterocycles. The van der Waals surface area contributed by atoms with Crippen LogP contribution in [-0.2, 0) is 4.79 Å². The third-order valence-electron chi connectivity index (χ3n) is 0.911. The minimum atomic E-state index is -0.339. The highest BCUT2D eigenvalue weighted by Crippen LogP contribution is 1.99. The first kappa shape index (κ1) is 8.69. The van der Waals surface area contributed by atoms with Crippen LogP contribution in [-0.4, -0.2) is 11.2 Å². The number of carbonyl (C=O) groups excluding carboxylic acids is 1. The fraction of sp³-hybridized carbons (Fsp3) is 0.500. The first-order chi connectivity index (χ1) is 4.22. The van der Waals surface area contributed by atoms with Gasteiger partial charge in [0.1, 0.15) is 0 Å². The van der Waals surface area contributed by atoms with Crippen molar-refractivity contribution in [2.24, 2.45) is 5.73 Å². The molecule has 0 aromatic carbocycles. The van der Waals surface area contributed by atoms with Crippen molar-refractivity contribution in [1.82, 2.24) is 0 Å². The van der Waals surface area contributed by atoms with Crippen molar-refractivity contribution in [1.29, 1.82) is 0 Å². The molecule has 0 saturated carbocycles. The highest BCUT2D eigenvalue weighted by molar-refractivity contribution is 9.09. The van der Waals surface area contributed by atoms with Crippen LogP contribution < -0.4 is 5.73 Å². The molecule has 0 aromatic rings. The number of amides is 1. The SMILES string of the molecule is CCC=C(CBr)C(N)=O. The normalized spacial score (nSPS) is 11.6. The second kappa shape index (κ2) is 4.56. The van der Waals surface area contributed by atoms with E-state index in [9.17, 15) is 4.79 Å². The van der Waals surface area contributed by atoms with Gasteiger partial charge in [0.2, 0.25) is 5.91 Å². The Balaban J connectivity index is 3.98. The molecule has 0 unspecified atom stereocenters. The van der Waals surface area contributed by atoms with E-state index in [1.54, 1.807) is 0 Å². The minimum absolute atomic E-state index is 0.339. The molecule has 3 heteroatoms. The number of hydrogen-bond donors (Lipinski definition) is 1. The van der Waals surface area contributed by atoms with Gasteiger partial charge in [-0.15, -0.1) is 0 Å². The molecule has 2 N–H and O–H groups in total. The van der Waals surface area contributed by atoms with Gasteiger partial charge in [-0.05, 0) is 6.42 Å². The van der Waals surface area contributed by atoms with Gasteiger partial charge in [-0.1, -0.05) is 28.9 Å². The molecular weight excluding hydrogens is 182 g/mol. The quantitative estimate of drug-likeness (QED) is 0.529. The van der Waals surface area contributed by atoms with Gasteiger partial charge in [0.15, 0.2) is 0 Å². The van der Waals surface area contributed by atoms with Crippen LogP contribution >= 0.6 is 15.9 Å². The summed E-state index contributed by atoms with van der Waals surface area (Å²) in [7, 11) is 0. The molecule has 0 rings (SSSR count). The highest BCUT2D eigenvalue weighted by atomic mass is 79.9. The van der Waals surface area contributed by atoms with E-state index in [-0.39, 0.29) is 5.91 Å². The van der Waals surface area contributed by atoms with Crippen LogP contribution in [0.2, 0.25) is 0 Å². The average molecular weight is 192 g/mol. The number of hydrogen-bond acceptors (Lipinski definition) is 1. The van der Waals surface area contributed by atoms with E-state index >= 15 is 0 Å². The van der Waals surface area contributed by atoms with Crippen molar-refractivity contribution in [3.05, 3.63) is 11.6 Å². The van der Waals surface area contributed by atoms with Crippen molar-refractivity contribution in [2.45, 2.75) is 13.3 Å². The first-order valence-electron chi connectivity index (χ1n) is 2.77. The molecule has 0 aliphatic carbocycles. The van der Waals surface area contributed by atoms with Gasteiger partial charge >= 0.3 is 0 Å². The maximum Gasteiger partial charge on any atom is 0.245 e. The van der Waals surface area contributed by atoms with Crippen LogP contribution in [0.15, 0.2) is 11.6 Å². The van der Waals surface area contributed by atoms with Gasteiger partial charge < -0.3 is 5.73 Å². The third kappa shape index (κ3) is 3.30. The molecule has 0 radical (unpaired) electrons.